The van der Waals surface area contributed by atoms with Crippen LogP contribution in [0.3, 0.4) is 0 Å². The first kappa shape index (κ1) is 27.0. The van der Waals surface area contributed by atoms with E-state index >= 15 is 0 Å². The molecule has 1 aliphatic rings. The SMILES string of the molecule is Cc1c(-c2ncco2)sc2c1c(=O)n(C(C)(C)C(=O)O)c(=O)n2C[C@@H](OC1CCC(O)CC1)c1ccccc1. The number of carbonyl (C=O) groups is 1. The molecule has 1 atom stereocenters. The molecule has 0 saturated heterocycles. The smallest absolute Gasteiger partial charge is 0.333 e. The first-order valence-electron chi connectivity index (χ1n) is 12.9. The normalized spacial score (nSPS) is 18.9. The lowest BCUT2D eigenvalue weighted by atomic mass is 9.95. The second-order valence-electron chi connectivity index (χ2n) is 10.4. The van der Waals surface area contributed by atoms with Crippen LogP contribution in [0.4, 0.5) is 0 Å². The number of rotatable bonds is 8. The quantitative estimate of drug-likeness (QED) is 0.333. The van der Waals surface area contributed by atoms with Gasteiger partial charge in [-0.15, -0.1) is 11.3 Å². The first-order valence-corrected chi connectivity index (χ1v) is 13.7. The molecule has 0 spiro atoms. The maximum absolute atomic E-state index is 14.0. The number of aromatic nitrogens is 3. The number of benzene rings is 1. The Morgan fingerprint density at radius 1 is 1.21 bits per heavy atom. The molecule has 0 aliphatic heterocycles. The van der Waals surface area contributed by atoms with Crippen LogP contribution in [-0.4, -0.2) is 42.5 Å². The monoisotopic (exact) mass is 553 g/mol. The summed E-state index contributed by atoms with van der Waals surface area (Å²) in [5.41, 5.74) is -1.80. The minimum Gasteiger partial charge on any atom is -0.480 e. The predicted molar refractivity (Wildman–Crippen MR) is 146 cm³/mol. The van der Waals surface area contributed by atoms with Crippen LogP contribution < -0.4 is 11.2 Å². The summed E-state index contributed by atoms with van der Waals surface area (Å²) < 4.78 is 14.3. The number of hydrogen-bond donors (Lipinski definition) is 2. The van der Waals surface area contributed by atoms with Gasteiger partial charge in [-0.2, -0.15) is 0 Å². The highest BCUT2D eigenvalue weighted by Gasteiger charge is 2.36. The molecular weight excluding hydrogens is 522 g/mol. The van der Waals surface area contributed by atoms with Crippen molar-refractivity contribution in [1.29, 1.82) is 0 Å². The van der Waals surface area contributed by atoms with Crippen molar-refractivity contribution in [2.75, 3.05) is 0 Å². The van der Waals surface area contributed by atoms with Gasteiger partial charge >= 0.3 is 11.7 Å². The second-order valence-corrected chi connectivity index (χ2v) is 11.4. The van der Waals surface area contributed by atoms with Crippen molar-refractivity contribution in [2.24, 2.45) is 0 Å². The van der Waals surface area contributed by atoms with Gasteiger partial charge in [0.05, 0.1) is 35.2 Å². The number of aliphatic hydroxyl groups excluding tert-OH is 1. The molecule has 1 saturated carbocycles. The van der Waals surface area contributed by atoms with Gasteiger partial charge in [-0.1, -0.05) is 30.3 Å². The number of aliphatic carboxylic acids is 1. The van der Waals surface area contributed by atoms with E-state index < -0.39 is 28.9 Å². The largest absolute Gasteiger partial charge is 0.480 e. The zero-order valence-electron chi connectivity index (χ0n) is 22.0. The van der Waals surface area contributed by atoms with Gasteiger partial charge in [-0.3, -0.25) is 9.36 Å². The van der Waals surface area contributed by atoms with Crippen LogP contribution in [0, 0.1) is 6.92 Å². The van der Waals surface area contributed by atoms with E-state index in [0.29, 0.717) is 46.8 Å². The number of carboxylic acid groups (broad SMARTS) is 1. The maximum atomic E-state index is 14.0. The van der Waals surface area contributed by atoms with Gasteiger partial charge in [-0.05, 0) is 57.6 Å². The molecule has 0 radical (unpaired) electrons. The Morgan fingerprint density at radius 3 is 2.51 bits per heavy atom. The number of aryl methyl sites for hydroxylation is 1. The van der Waals surface area contributed by atoms with E-state index in [1.807, 2.05) is 30.3 Å². The minimum atomic E-state index is -1.80. The lowest BCUT2D eigenvalue weighted by molar-refractivity contribution is -0.146. The van der Waals surface area contributed by atoms with Gasteiger partial charge in [0, 0.05) is 0 Å². The molecule has 39 heavy (non-hydrogen) atoms. The van der Waals surface area contributed by atoms with Crippen LogP contribution in [0.25, 0.3) is 21.0 Å². The van der Waals surface area contributed by atoms with E-state index in [1.165, 1.54) is 42.2 Å². The fraction of sp³-hybridized carbons (Fsp3) is 0.429. The number of nitrogens with zero attached hydrogens (tertiary/aromatic N) is 3. The number of hydrogen-bond acceptors (Lipinski definition) is 8. The van der Waals surface area contributed by atoms with Crippen LogP contribution >= 0.6 is 11.3 Å². The van der Waals surface area contributed by atoms with Gasteiger partial charge in [0.15, 0.2) is 0 Å². The summed E-state index contributed by atoms with van der Waals surface area (Å²) in [6.07, 6.45) is 4.57. The molecule has 1 aliphatic carbocycles. The second kappa shape index (κ2) is 10.6. The lowest BCUT2D eigenvalue weighted by Gasteiger charge is -2.31. The van der Waals surface area contributed by atoms with E-state index in [-0.39, 0.29) is 24.1 Å². The number of thiophene rings is 1. The summed E-state index contributed by atoms with van der Waals surface area (Å²) in [5.74, 6) is -0.988. The standard InChI is InChI=1S/C28H31N3O7S/c1-16-21-24(33)31(28(2,3)26(34)35)27(36)30(25(21)39-22(16)23-29-13-14-37-23)15-20(17-7-5-4-6-8-17)38-19-11-9-18(32)10-12-19/h4-8,13-14,18-20,32H,9-12,15H2,1-3H3,(H,34,35)/t18?,19?,20-/m1/s1. The fourth-order valence-electron chi connectivity index (χ4n) is 5.11. The van der Waals surface area contributed by atoms with E-state index in [0.717, 1.165) is 10.1 Å². The summed E-state index contributed by atoms with van der Waals surface area (Å²) in [6.45, 7) is 4.47. The third-order valence-corrected chi connectivity index (χ3v) is 8.74. The van der Waals surface area contributed by atoms with Crippen LogP contribution in [0.1, 0.15) is 56.8 Å². The number of oxazole rings is 1. The van der Waals surface area contributed by atoms with E-state index in [4.69, 9.17) is 9.15 Å². The van der Waals surface area contributed by atoms with Crippen molar-refractivity contribution in [3.63, 3.8) is 0 Å². The number of ether oxygens (including phenoxy) is 1. The molecule has 5 rings (SSSR count). The average molecular weight is 554 g/mol. The average Bonchev–Trinajstić information content (AvgIpc) is 3.55. The first-order chi connectivity index (χ1) is 18.6. The highest BCUT2D eigenvalue weighted by Crippen LogP contribution is 2.37. The summed E-state index contributed by atoms with van der Waals surface area (Å²) in [6, 6.07) is 9.50. The Morgan fingerprint density at radius 2 is 1.90 bits per heavy atom. The van der Waals surface area contributed by atoms with E-state index in [9.17, 15) is 24.6 Å². The van der Waals surface area contributed by atoms with Gasteiger partial charge in [0.2, 0.25) is 5.89 Å². The Hall–Kier alpha value is -3.54. The molecule has 3 aromatic heterocycles. The summed E-state index contributed by atoms with van der Waals surface area (Å²) in [5, 5.41) is 20.2. The molecule has 1 aromatic carbocycles. The van der Waals surface area contributed by atoms with E-state index in [1.54, 1.807) is 6.92 Å². The molecule has 11 heteroatoms. The van der Waals surface area contributed by atoms with Crippen molar-refractivity contribution >= 4 is 27.5 Å². The number of aliphatic hydroxyl groups is 1. The Kier molecular flexibility index (Phi) is 7.32. The third kappa shape index (κ3) is 4.97. The predicted octanol–water partition coefficient (Wildman–Crippen LogP) is 4.07. The molecule has 1 fully saturated rings. The zero-order chi connectivity index (χ0) is 27.9. The highest BCUT2D eigenvalue weighted by atomic mass is 32.1. The molecule has 2 N–H and O–H groups in total. The van der Waals surface area contributed by atoms with Crippen molar-refractivity contribution < 1.29 is 24.2 Å². The lowest BCUT2D eigenvalue weighted by Crippen LogP contribution is -2.52. The van der Waals surface area contributed by atoms with Crippen molar-refractivity contribution in [3.05, 3.63) is 74.8 Å². The van der Waals surface area contributed by atoms with Crippen molar-refractivity contribution in [1.82, 2.24) is 14.1 Å². The Bertz CT molecular complexity index is 1590. The fourth-order valence-corrected chi connectivity index (χ4v) is 6.35. The van der Waals surface area contributed by atoms with Gasteiger partial charge in [0.25, 0.3) is 5.56 Å². The molecule has 0 unspecified atom stereocenters. The molecule has 0 bridgehead atoms. The maximum Gasteiger partial charge on any atom is 0.333 e. The van der Waals surface area contributed by atoms with Crippen molar-refractivity contribution in [2.45, 2.75) is 76.9 Å². The Labute approximate surface area is 228 Å². The molecule has 206 valence electrons. The van der Waals surface area contributed by atoms with Crippen LogP contribution in [0.15, 0.2) is 56.8 Å². The van der Waals surface area contributed by atoms with Gasteiger partial charge in [0.1, 0.15) is 22.7 Å². The van der Waals surface area contributed by atoms with Crippen LogP contribution in [0.5, 0.6) is 0 Å². The molecule has 3 heterocycles. The summed E-state index contributed by atoms with van der Waals surface area (Å²) in [7, 11) is 0. The summed E-state index contributed by atoms with van der Waals surface area (Å²) >= 11 is 1.21. The van der Waals surface area contributed by atoms with Gasteiger partial charge < -0.3 is 19.4 Å². The van der Waals surface area contributed by atoms with E-state index in [2.05, 4.69) is 4.98 Å². The highest BCUT2D eigenvalue weighted by molar-refractivity contribution is 7.22. The number of carboxylic acids is 1. The van der Waals surface area contributed by atoms with Crippen molar-refractivity contribution in [3.8, 4) is 10.8 Å². The van der Waals surface area contributed by atoms with Crippen LogP contribution in [-0.2, 0) is 21.6 Å². The topological polar surface area (TPSA) is 137 Å². The molecule has 0 amide bonds. The molecular formula is C28H31N3O7S. The Balaban J connectivity index is 1.71. The number of fused-ring (bicyclic) bond motifs is 1. The van der Waals surface area contributed by atoms with Gasteiger partial charge in [-0.25, -0.2) is 19.1 Å². The molecule has 4 aromatic rings. The zero-order valence-corrected chi connectivity index (χ0v) is 22.8. The minimum absolute atomic E-state index is 0.0549. The third-order valence-electron chi connectivity index (χ3n) is 7.44. The molecule has 10 nitrogen and oxygen atoms in total. The van der Waals surface area contributed by atoms with Crippen LogP contribution in [0.2, 0.25) is 0 Å². The summed E-state index contributed by atoms with van der Waals surface area (Å²) in [4.78, 5) is 45.2.